The molecule has 0 saturated heterocycles. The summed E-state index contributed by atoms with van der Waals surface area (Å²) in [5, 5.41) is 0. The van der Waals surface area contributed by atoms with Crippen LogP contribution in [-0.2, 0) is 20.7 Å². The molecule has 0 spiro atoms. The van der Waals surface area contributed by atoms with Crippen molar-refractivity contribution in [1.29, 1.82) is 0 Å². The standard InChI is InChI=1S/C20H19NO4/c1-3-25-20(23)19-15-11-7-8-12-21(15)16(13-17(22)24-2)18(19)14-9-5-4-6-10-14/h4-12H,3,13H2,1-2H3. The molecule has 0 unspecified atom stereocenters. The lowest BCUT2D eigenvalue weighted by atomic mass is 9.99. The molecular weight excluding hydrogens is 318 g/mol. The highest BCUT2D eigenvalue weighted by atomic mass is 16.5. The van der Waals surface area contributed by atoms with E-state index in [0.29, 0.717) is 22.3 Å². The van der Waals surface area contributed by atoms with E-state index in [1.807, 2.05) is 59.1 Å². The lowest BCUT2D eigenvalue weighted by Gasteiger charge is -2.08. The molecule has 2 heterocycles. The number of rotatable bonds is 5. The number of carbonyl (C=O) groups excluding carboxylic acids is 2. The number of esters is 2. The van der Waals surface area contributed by atoms with E-state index in [4.69, 9.17) is 9.47 Å². The van der Waals surface area contributed by atoms with Crippen molar-refractivity contribution in [2.24, 2.45) is 0 Å². The summed E-state index contributed by atoms with van der Waals surface area (Å²) in [4.78, 5) is 24.6. The van der Waals surface area contributed by atoms with Gasteiger partial charge in [-0.2, -0.15) is 0 Å². The predicted octanol–water partition coefficient (Wildman–Crippen LogP) is 3.50. The van der Waals surface area contributed by atoms with Gasteiger partial charge in [-0.25, -0.2) is 4.79 Å². The Balaban J connectivity index is 2.34. The van der Waals surface area contributed by atoms with Crippen molar-refractivity contribution in [2.75, 3.05) is 13.7 Å². The van der Waals surface area contributed by atoms with Crippen LogP contribution in [0.4, 0.5) is 0 Å². The molecule has 5 nitrogen and oxygen atoms in total. The predicted molar refractivity (Wildman–Crippen MR) is 94.5 cm³/mol. The van der Waals surface area contributed by atoms with Crippen molar-refractivity contribution in [3.8, 4) is 11.1 Å². The number of ether oxygens (including phenoxy) is 2. The third kappa shape index (κ3) is 3.13. The number of aromatic nitrogens is 1. The van der Waals surface area contributed by atoms with E-state index < -0.39 is 5.97 Å². The average molecular weight is 337 g/mol. The van der Waals surface area contributed by atoms with Gasteiger partial charge in [-0.15, -0.1) is 0 Å². The summed E-state index contributed by atoms with van der Waals surface area (Å²) < 4.78 is 12.0. The molecule has 1 aromatic carbocycles. The lowest BCUT2D eigenvalue weighted by Crippen LogP contribution is -2.08. The second kappa shape index (κ2) is 7.21. The molecule has 0 aliphatic heterocycles. The minimum absolute atomic E-state index is 0.0608. The number of pyridine rings is 1. The van der Waals surface area contributed by atoms with Crippen molar-refractivity contribution in [3.05, 3.63) is 66.0 Å². The molecule has 5 heteroatoms. The highest BCUT2D eigenvalue weighted by Gasteiger charge is 2.26. The fraction of sp³-hybridized carbons (Fsp3) is 0.200. The van der Waals surface area contributed by atoms with Gasteiger partial charge in [0.2, 0.25) is 0 Å². The van der Waals surface area contributed by atoms with E-state index in [1.165, 1.54) is 7.11 Å². The summed E-state index contributed by atoms with van der Waals surface area (Å²) in [5.74, 6) is -0.767. The van der Waals surface area contributed by atoms with Gasteiger partial charge in [0.15, 0.2) is 0 Å². The monoisotopic (exact) mass is 337 g/mol. The second-order valence-corrected chi connectivity index (χ2v) is 5.49. The average Bonchev–Trinajstić information content (AvgIpc) is 2.97. The van der Waals surface area contributed by atoms with E-state index in [0.717, 1.165) is 5.56 Å². The van der Waals surface area contributed by atoms with Crippen molar-refractivity contribution >= 4 is 17.5 Å². The van der Waals surface area contributed by atoms with Gasteiger partial charge in [-0.3, -0.25) is 4.79 Å². The van der Waals surface area contributed by atoms with E-state index in [-0.39, 0.29) is 19.0 Å². The minimum Gasteiger partial charge on any atom is -0.469 e. The molecule has 2 aromatic heterocycles. The molecule has 0 radical (unpaired) electrons. The number of benzene rings is 1. The van der Waals surface area contributed by atoms with Gasteiger partial charge < -0.3 is 13.9 Å². The molecule has 0 fully saturated rings. The van der Waals surface area contributed by atoms with Crippen LogP contribution in [0.3, 0.4) is 0 Å². The lowest BCUT2D eigenvalue weighted by molar-refractivity contribution is -0.139. The van der Waals surface area contributed by atoms with E-state index in [1.54, 1.807) is 6.92 Å². The van der Waals surface area contributed by atoms with Crippen molar-refractivity contribution < 1.29 is 19.1 Å². The van der Waals surface area contributed by atoms with Gasteiger partial charge in [-0.05, 0) is 24.6 Å². The van der Waals surface area contributed by atoms with Gasteiger partial charge in [0.25, 0.3) is 0 Å². The number of fused-ring (bicyclic) bond motifs is 1. The molecule has 3 rings (SSSR count). The zero-order valence-corrected chi connectivity index (χ0v) is 14.2. The van der Waals surface area contributed by atoms with Crippen LogP contribution < -0.4 is 0 Å². The van der Waals surface area contributed by atoms with Crippen LogP contribution in [0.5, 0.6) is 0 Å². The molecule has 0 bridgehead atoms. The smallest absolute Gasteiger partial charge is 0.340 e. The second-order valence-electron chi connectivity index (χ2n) is 5.49. The molecule has 0 aliphatic carbocycles. The van der Waals surface area contributed by atoms with Gasteiger partial charge in [0, 0.05) is 17.5 Å². The maximum absolute atomic E-state index is 12.7. The Kier molecular flexibility index (Phi) is 4.84. The largest absolute Gasteiger partial charge is 0.469 e. The van der Waals surface area contributed by atoms with Crippen molar-refractivity contribution in [1.82, 2.24) is 4.40 Å². The first-order valence-corrected chi connectivity index (χ1v) is 8.08. The highest BCUT2D eigenvalue weighted by Crippen LogP contribution is 2.34. The van der Waals surface area contributed by atoms with Gasteiger partial charge in [0.1, 0.15) is 0 Å². The van der Waals surface area contributed by atoms with Crippen LogP contribution >= 0.6 is 0 Å². The van der Waals surface area contributed by atoms with Crippen LogP contribution in [0.15, 0.2) is 54.7 Å². The molecular formula is C20H19NO4. The normalized spacial score (nSPS) is 10.6. The van der Waals surface area contributed by atoms with Crippen LogP contribution in [0.1, 0.15) is 23.0 Å². The van der Waals surface area contributed by atoms with E-state index in [2.05, 4.69) is 0 Å². The fourth-order valence-electron chi connectivity index (χ4n) is 2.98. The number of hydrogen-bond donors (Lipinski definition) is 0. The SMILES string of the molecule is CCOC(=O)c1c(-c2ccccc2)c(CC(=O)OC)n2ccccc12. The van der Waals surface area contributed by atoms with Gasteiger partial charge in [-0.1, -0.05) is 36.4 Å². The zero-order valence-electron chi connectivity index (χ0n) is 14.2. The van der Waals surface area contributed by atoms with Crippen molar-refractivity contribution in [2.45, 2.75) is 13.3 Å². The van der Waals surface area contributed by atoms with Crippen molar-refractivity contribution in [3.63, 3.8) is 0 Å². The first-order valence-electron chi connectivity index (χ1n) is 8.08. The third-order valence-electron chi connectivity index (χ3n) is 4.03. The Bertz CT molecular complexity index is 912. The Hall–Kier alpha value is -3.08. The molecule has 0 atom stereocenters. The van der Waals surface area contributed by atoms with Gasteiger partial charge >= 0.3 is 11.9 Å². The van der Waals surface area contributed by atoms with Crippen LogP contribution in [-0.4, -0.2) is 30.1 Å². The Labute approximate surface area is 145 Å². The third-order valence-corrected chi connectivity index (χ3v) is 4.03. The molecule has 0 amide bonds. The summed E-state index contributed by atoms with van der Waals surface area (Å²) >= 11 is 0. The molecule has 0 aliphatic rings. The minimum atomic E-state index is -0.402. The number of methoxy groups -OCH3 is 1. The summed E-state index contributed by atoms with van der Waals surface area (Å²) in [6.07, 6.45) is 1.90. The number of carbonyl (C=O) groups is 2. The Morgan fingerprint density at radius 3 is 2.44 bits per heavy atom. The number of hydrogen-bond acceptors (Lipinski definition) is 4. The fourth-order valence-corrected chi connectivity index (χ4v) is 2.98. The van der Waals surface area contributed by atoms with Crippen LogP contribution in [0.25, 0.3) is 16.6 Å². The van der Waals surface area contributed by atoms with E-state index in [9.17, 15) is 9.59 Å². The molecule has 128 valence electrons. The molecule has 25 heavy (non-hydrogen) atoms. The first-order chi connectivity index (χ1) is 12.2. The number of nitrogens with zero attached hydrogens (tertiary/aromatic N) is 1. The summed E-state index contributed by atoms with van der Waals surface area (Å²) in [5.41, 5.74) is 3.44. The van der Waals surface area contributed by atoms with E-state index >= 15 is 0 Å². The zero-order chi connectivity index (χ0) is 17.8. The summed E-state index contributed by atoms with van der Waals surface area (Å²) in [6.45, 7) is 2.05. The Morgan fingerprint density at radius 2 is 1.76 bits per heavy atom. The highest BCUT2D eigenvalue weighted by molar-refractivity contribution is 6.06. The Morgan fingerprint density at radius 1 is 1.04 bits per heavy atom. The maximum atomic E-state index is 12.7. The molecule has 3 aromatic rings. The van der Waals surface area contributed by atoms with Gasteiger partial charge in [0.05, 0.1) is 31.2 Å². The molecule has 0 saturated carbocycles. The molecule has 0 N–H and O–H groups in total. The summed E-state index contributed by atoms with van der Waals surface area (Å²) in [6, 6.07) is 15.1. The first kappa shape index (κ1) is 16.8. The topological polar surface area (TPSA) is 57.0 Å². The van der Waals surface area contributed by atoms with Crippen LogP contribution in [0, 0.1) is 0 Å². The maximum Gasteiger partial charge on any atom is 0.340 e. The van der Waals surface area contributed by atoms with Crippen LogP contribution in [0.2, 0.25) is 0 Å². The summed E-state index contributed by atoms with van der Waals surface area (Å²) in [7, 11) is 1.35. The quantitative estimate of drug-likeness (QED) is 0.669.